The van der Waals surface area contributed by atoms with Crippen molar-refractivity contribution in [3.63, 3.8) is 0 Å². The number of hydrazone groups is 1. The second kappa shape index (κ2) is 14.2. The van der Waals surface area contributed by atoms with Crippen LogP contribution in [0.1, 0.15) is 23.1 Å². The number of allylic oxidation sites excluding steroid dienone is 2. The predicted molar refractivity (Wildman–Crippen MR) is 152 cm³/mol. The van der Waals surface area contributed by atoms with Gasteiger partial charge in [0.2, 0.25) is 5.90 Å². The van der Waals surface area contributed by atoms with Gasteiger partial charge in [-0.3, -0.25) is 9.59 Å². The lowest BCUT2D eigenvalue weighted by atomic mass is 10.1. The van der Waals surface area contributed by atoms with Gasteiger partial charge in [-0.1, -0.05) is 36.4 Å². The summed E-state index contributed by atoms with van der Waals surface area (Å²) in [6, 6.07) is 15.6. The third-order valence-corrected chi connectivity index (χ3v) is 5.71. The summed E-state index contributed by atoms with van der Waals surface area (Å²) >= 11 is 0. The maximum Gasteiger partial charge on any atom is 0.228 e. The molecule has 3 aromatic rings. The Kier molecular flexibility index (Phi) is 10.4. The van der Waals surface area contributed by atoms with Gasteiger partial charge in [-0.15, -0.1) is 5.10 Å². The molecule has 0 saturated heterocycles. The van der Waals surface area contributed by atoms with Crippen LogP contribution in [0.2, 0.25) is 0 Å². The van der Waals surface area contributed by atoms with Crippen LogP contribution in [0.3, 0.4) is 0 Å². The number of methoxy groups -OCH3 is 2. The molecule has 10 heteroatoms. The van der Waals surface area contributed by atoms with Crippen LogP contribution in [0.15, 0.2) is 77.9 Å². The zero-order valence-corrected chi connectivity index (χ0v) is 22.1. The number of nitrogens with two attached hydrogens (primary N) is 2. The Morgan fingerprint density at radius 1 is 0.850 bits per heavy atom. The molecule has 0 heterocycles. The van der Waals surface area contributed by atoms with Crippen LogP contribution in [0, 0.1) is 0 Å². The van der Waals surface area contributed by atoms with Crippen molar-refractivity contribution >= 4 is 29.6 Å². The van der Waals surface area contributed by atoms with Gasteiger partial charge in [-0.25, -0.2) is 0 Å². The van der Waals surface area contributed by atoms with E-state index in [-0.39, 0.29) is 41.1 Å². The summed E-state index contributed by atoms with van der Waals surface area (Å²) < 4.78 is 16.3. The molecule has 0 saturated carbocycles. The second-order valence-corrected chi connectivity index (χ2v) is 8.66. The monoisotopic (exact) mass is 545 g/mol. The highest BCUT2D eigenvalue weighted by Gasteiger charge is 2.17. The van der Waals surface area contributed by atoms with Crippen molar-refractivity contribution in [1.82, 2.24) is 0 Å². The highest BCUT2D eigenvalue weighted by Crippen LogP contribution is 2.29. The fourth-order valence-corrected chi connectivity index (χ4v) is 3.62. The van der Waals surface area contributed by atoms with Gasteiger partial charge < -0.3 is 36.0 Å². The maximum absolute atomic E-state index is 12.3. The van der Waals surface area contributed by atoms with Gasteiger partial charge >= 0.3 is 0 Å². The number of carbonyl (C=O) groups excluding carboxylic acids is 2. The summed E-state index contributed by atoms with van der Waals surface area (Å²) in [6.07, 6.45) is 5.78. The molecule has 0 amide bonds. The second-order valence-electron chi connectivity index (χ2n) is 8.66. The van der Waals surface area contributed by atoms with E-state index in [2.05, 4.69) is 5.10 Å². The molecule has 0 aliphatic carbocycles. The third-order valence-electron chi connectivity index (χ3n) is 5.71. The SMILES string of the molecule is COc1cc(C=CC(=O)CC(=O)C=Cc2ccc(OC(=NN)[C@@H](N)Cc3ccc(O)cc3)c(OC)c2)ccc1O. The van der Waals surface area contributed by atoms with Crippen molar-refractivity contribution in [3.8, 4) is 28.7 Å². The molecule has 0 spiro atoms. The van der Waals surface area contributed by atoms with Crippen LogP contribution < -0.4 is 25.8 Å². The van der Waals surface area contributed by atoms with Crippen LogP contribution >= 0.6 is 0 Å². The van der Waals surface area contributed by atoms with E-state index in [1.165, 1.54) is 32.4 Å². The number of ketones is 2. The molecule has 10 nitrogen and oxygen atoms in total. The number of carbonyl (C=O) groups is 2. The molecular weight excluding hydrogens is 514 g/mol. The van der Waals surface area contributed by atoms with Crippen molar-refractivity contribution in [1.29, 1.82) is 0 Å². The topological polar surface area (TPSA) is 167 Å². The van der Waals surface area contributed by atoms with Gasteiger partial charge in [0.05, 0.1) is 26.7 Å². The number of hydrogen-bond acceptors (Lipinski definition) is 10. The van der Waals surface area contributed by atoms with Crippen molar-refractivity contribution in [2.45, 2.75) is 18.9 Å². The summed E-state index contributed by atoms with van der Waals surface area (Å²) in [7, 11) is 2.89. The molecule has 3 aromatic carbocycles. The zero-order valence-electron chi connectivity index (χ0n) is 22.1. The Morgan fingerprint density at radius 2 is 1.43 bits per heavy atom. The quantitative estimate of drug-likeness (QED) is 0.0664. The van der Waals surface area contributed by atoms with Crippen LogP contribution in [0.5, 0.6) is 28.7 Å². The van der Waals surface area contributed by atoms with Crippen LogP contribution in [-0.2, 0) is 16.0 Å². The molecule has 0 aliphatic rings. The third kappa shape index (κ3) is 8.47. The Hall–Kier alpha value is -5.09. The van der Waals surface area contributed by atoms with E-state index < -0.39 is 6.04 Å². The number of phenols is 2. The molecule has 0 radical (unpaired) electrons. The van der Waals surface area contributed by atoms with Gasteiger partial charge in [0.25, 0.3) is 0 Å². The van der Waals surface area contributed by atoms with Gasteiger partial charge in [0.15, 0.2) is 34.6 Å². The minimum Gasteiger partial charge on any atom is -0.508 e. The van der Waals surface area contributed by atoms with E-state index in [0.717, 1.165) is 5.56 Å². The van der Waals surface area contributed by atoms with E-state index in [4.69, 9.17) is 25.8 Å². The van der Waals surface area contributed by atoms with Crippen LogP contribution in [-0.4, -0.2) is 47.9 Å². The fourth-order valence-electron chi connectivity index (χ4n) is 3.62. The van der Waals surface area contributed by atoms with Gasteiger partial charge in [-0.2, -0.15) is 0 Å². The van der Waals surface area contributed by atoms with E-state index in [0.29, 0.717) is 29.0 Å². The molecule has 6 N–H and O–H groups in total. The summed E-state index contributed by atoms with van der Waals surface area (Å²) in [4.78, 5) is 24.5. The fraction of sp³-hybridized carbons (Fsp3) is 0.167. The van der Waals surface area contributed by atoms with Crippen LogP contribution in [0.25, 0.3) is 12.2 Å². The largest absolute Gasteiger partial charge is 0.508 e. The lowest BCUT2D eigenvalue weighted by molar-refractivity contribution is -0.121. The standard InChI is InChI=1S/C30H31N3O7/c1-38-28-16-20(7-13-26(28)37)5-11-23(35)18-24(36)12-6-21-8-14-27(29(17-21)39-2)40-30(33-32)25(31)15-19-3-9-22(34)10-4-19/h3-14,16-17,25,34,37H,15,18,31-32H2,1-2H3/t25-/m0/s1. The average Bonchev–Trinajstić information content (AvgIpc) is 2.95. The first kappa shape index (κ1) is 29.5. The normalized spacial score (nSPS) is 12.4. The summed E-state index contributed by atoms with van der Waals surface area (Å²) in [5, 5.41) is 22.8. The average molecular weight is 546 g/mol. The first-order valence-electron chi connectivity index (χ1n) is 12.2. The number of benzene rings is 3. The van der Waals surface area contributed by atoms with E-state index in [1.54, 1.807) is 66.7 Å². The molecule has 0 fully saturated rings. The lowest BCUT2D eigenvalue weighted by Crippen LogP contribution is -2.37. The number of rotatable bonds is 12. The van der Waals surface area contributed by atoms with Crippen molar-refractivity contribution < 1.29 is 34.0 Å². The van der Waals surface area contributed by atoms with Crippen molar-refractivity contribution in [2.24, 2.45) is 16.7 Å². The van der Waals surface area contributed by atoms with E-state index >= 15 is 0 Å². The van der Waals surface area contributed by atoms with Crippen molar-refractivity contribution in [2.75, 3.05) is 14.2 Å². The minimum atomic E-state index is -0.654. The van der Waals surface area contributed by atoms with E-state index in [1.807, 2.05) is 0 Å². The number of nitrogens with zero attached hydrogens (tertiary/aromatic N) is 1. The Labute approximate surface area is 231 Å². The molecule has 1 atom stereocenters. The molecule has 0 aromatic heterocycles. The minimum absolute atomic E-state index is 0.00958. The highest BCUT2D eigenvalue weighted by atomic mass is 16.5. The Morgan fingerprint density at radius 3 is 2.00 bits per heavy atom. The van der Waals surface area contributed by atoms with Gasteiger partial charge in [0.1, 0.15) is 5.75 Å². The first-order valence-corrected chi connectivity index (χ1v) is 12.2. The molecular formula is C30H31N3O7. The smallest absolute Gasteiger partial charge is 0.228 e. The summed E-state index contributed by atoms with van der Waals surface area (Å²) in [5.41, 5.74) is 8.37. The number of ether oxygens (including phenoxy) is 3. The van der Waals surface area contributed by atoms with E-state index in [9.17, 15) is 19.8 Å². The summed E-state index contributed by atoms with van der Waals surface area (Å²) in [5.74, 6) is 5.95. The molecule has 0 aliphatic heterocycles. The van der Waals surface area contributed by atoms with Crippen molar-refractivity contribution in [3.05, 3.63) is 89.5 Å². The Balaban J connectivity index is 1.60. The highest BCUT2D eigenvalue weighted by molar-refractivity contribution is 6.10. The maximum atomic E-state index is 12.3. The summed E-state index contributed by atoms with van der Waals surface area (Å²) in [6.45, 7) is 0. The predicted octanol–water partition coefficient (Wildman–Crippen LogP) is 3.59. The first-order chi connectivity index (χ1) is 19.2. The Bertz CT molecular complexity index is 1430. The molecule has 40 heavy (non-hydrogen) atoms. The molecule has 208 valence electrons. The number of hydrogen-bond donors (Lipinski definition) is 4. The number of aromatic hydroxyl groups is 2. The zero-order chi connectivity index (χ0) is 29.1. The van der Waals surface area contributed by atoms with Gasteiger partial charge in [-0.05, 0) is 71.7 Å². The lowest BCUT2D eigenvalue weighted by Gasteiger charge is -2.17. The molecule has 3 rings (SSSR count). The van der Waals surface area contributed by atoms with Crippen LogP contribution in [0.4, 0.5) is 0 Å². The van der Waals surface area contributed by atoms with Gasteiger partial charge in [0, 0.05) is 0 Å². The number of phenolic OH excluding ortho intramolecular Hbond substituents is 2. The molecule has 0 unspecified atom stereocenters. The molecule has 0 bridgehead atoms.